The zero-order valence-electron chi connectivity index (χ0n) is 18.4. The fourth-order valence-corrected chi connectivity index (χ4v) is 3.51. The van der Waals surface area contributed by atoms with E-state index in [0.29, 0.717) is 37.1 Å². The number of guanidine groups is 1. The smallest absolute Gasteiger partial charge is 0.227 e. The highest BCUT2D eigenvalue weighted by Gasteiger charge is 2.21. The summed E-state index contributed by atoms with van der Waals surface area (Å²) in [5.74, 6) is 1.51. The summed E-state index contributed by atoms with van der Waals surface area (Å²) in [6, 6.07) is 17.5. The molecule has 0 spiro atoms. The van der Waals surface area contributed by atoms with Gasteiger partial charge in [0, 0.05) is 51.1 Å². The zero-order chi connectivity index (χ0) is 23.0. The minimum absolute atomic E-state index is 0.190. The van der Waals surface area contributed by atoms with Crippen molar-refractivity contribution in [2.75, 3.05) is 18.5 Å². The van der Waals surface area contributed by atoms with E-state index in [1.54, 1.807) is 31.4 Å². The van der Waals surface area contributed by atoms with Crippen molar-refractivity contribution < 1.29 is 13.9 Å². The molecule has 170 valence electrons. The fraction of sp³-hybridized carbons (Fsp3) is 0.240. The normalized spacial score (nSPS) is 13.8. The van der Waals surface area contributed by atoms with Crippen molar-refractivity contribution in [2.45, 2.75) is 25.9 Å². The van der Waals surface area contributed by atoms with Crippen molar-refractivity contribution in [1.29, 1.82) is 0 Å². The zero-order valence-corrected chi connectivity index (χ0v) is 18.4. The van der Waals surface area contributed by atoms with Crippen LogP contribution in [0.5, 0.6) is 11.6 Å². The van der Waals surface area contributed by atoms with E-state index >= 15 is 0 Å². The number of ether oxygens (including phenoxy) is 1. The first kappa shape index (κ1) is 22.3. The van der Waals surface area contributed by atoms with E-state index < -0.39 is 0 Å². The molecule has 0 atom stereocenters. The second kappa shape index (κ2) is 10.6. The molecule has 0 bridgehead atoms. The molecular weight excluding hydrogens is 421 g/mol. The average molecular weight is 448 g/mol. The van der Waals surface area contributed by atoms with E-state index in [4.69, 9.17) is 4.74 Å². The Balaban J connectivity index is 1.24. The van der Waals surface area contributed by atoms with E-state index in [9.17, 15) is 9.18 Å². The Morgan fingerprint density at radius 1 is 1.03 bits per heavy atom. The van der Waals surface area contributed by atoms with Crippen LogP contribution in [0, 0.1) is 5.82 Å². The maximum Gasteiger partial charge on any atom is 0.227 e. The minimum Gasteiger partial charge on any atom is -0.439 e. The molecule has 2 heterocycles. The largest absolute Gasteiger partial charge is 0.439 e. The Bertz CT molecular complexity index is 1100. The first-order valence-electron chi connectivity index (χ1n) is 10.8. The third kappa shape index (κ3) is 6.06. The van der Waals surface area contributed by atoms with E-state index in [0.717, 1.165) is 29.8 Å². The highest BCUT2D eigenvalue weighted by molar-refractivity contribution is 5.95. The molecule has 1 aromatic heterocycles. The molecular formula is C25H26FN5O2. The van der Waals surface area contributed by atoms with Gasteiger partial charge in [0.15, 0.2) is 5.96 Å². The summed E-state index contributed by atoms with van der Waals surface area (Å²) in [4.78, 5) is 22.3. The predicted molar refractivity (Wildman–Crippen MR) is 126 cm³/mol. The number of aliphatic imine (C=N–C) groups is 1. The van der Waals surface area contributed by atoms with Crippen LogP contribution in [0.4, 0.5) is 10.1 Å². The van der Waals surface area contributed by atoms with Crippen LogP contribution in [-0.2, 0) is 17.9 Å². The number of halogens is 1. The summed E-state index contributed by atoms with van der Waals surface area (Å²) in [6.07, 6.45) is 3.27. The Labute approximate surface area is 192 Å². The minimum atomic E-state index is -0.311. The monoisotopic (exact) mass is 447 g/mol. The van der Waals surface area contributed by atoms with Crippen molar-refractivity contribution in [1.82, 2.24) is 15.6 Å². The Morgan fingerprint density at radius 3 is 2.33 bits per heavy atom. The highest BCUT2D eigenvalue weighted by atomic mass is 19.1. The number of hydrogen-bond acceptors (Lipinski definition) is 4. The lowest BCUT2D eigenvalue weighted by atomic mass is 10.2. The van der Waals surface area contributed by atoms with Gasteiger partial charge in [-0.3, -0.25) is 9.79 Å². The summed E-state index contributed by atoms with van der Waals surface area (Å²) in [6.45, 7) is 1.94. The third-order valence-electron chi connectivity index (χ3n) is 5.30. The standard InChI is InChI=1S/C25H26FN5O2/c1-27-25(29-15-18-4-9-21(10-5-18)31-14-2-3-24(31)32)30-17-19-6-13-23(28-16-19)33-22-11-7-20(26)8-12-22/h4-13,16H,2-3,14-15,17H2,1H3,(H2,27,29,30). The molecule has 1 fully saturated rings. The van der Waals surface area contributed by atoms with Gasteiger partial charge in [0.25, 0.3) is 0 Å². The van der Waals surface area contributed by atoms with Gasteiger partial charge < -0.3 is 20.3 Å². The van der Waals surface area contributed by atoms with Gasteiger partial charge in [0.1, 0.15) is 11.6 Å². The second-order valence-electron chi connectivity index (χ2n) is 7.66. The molecule has 8 heteroatoms. The highest BCUT2D eigenvalue weighted by Crippen LogP contribution is 2.22. The van der Waals surface area contributed by atoms with Gasteiger partial charge in [-0.2, -0.15) is 0 Å². The van der Waals surface area contributed by atoms with Crippen molar-refractivity contribution in [3.63, 3.8) is 0 Å². The molecule has 33 heavy (non-hydrogen) atoms. The lowest BCUT2D eigenvalue weighted by Gasteiger charge is -2.16. The lowest BCUT2D eigenvalue weighted by molar-refractivity contribution is -0.117. The first-order valence-corrected chi connectivity index (χ1v) is 10.8. The van der Waals surface area contributed by atoms with Crippen LogP contribution in [-0.4, -0.2) is 30.4 Å². The molecule has 1 amide bonds. The van der Waals surface area contributed by atoms with E-state index in [2.05, 4.69) is 20.6 Å². The van der Waals surface area contributed by atoms with Crippen LogP contribution >= 0.6 is 0 Å². The van der Waals surface area contributed by atoms with Crippen molar-refractivity contribution in [2.24, 2.45) is 4.99 Å². The topological polar surface area (TPSA) is 78.9 Å². The lowest BCUT2D eigenvalue weighted by Crippen LogP contribution is -2.36. The van der Waals surface area contributed by atoms with Crippen LogP contribution in [0.2, 0.25) is 0 Å². The molecule has 0 radical (unpaired) electrons. The van der Waals surface area contributed by atoms with Crippen LogP contribution < -0.4 is 20.3 Å². The predicted octanol–water partition coefficient (Wildman–Crippen LogP) is 4.01. The van der Waals surface area contributed by atoms with Gasteiger partial charge in [0.05, 0.1) is 0 Å². The number of amides is 1. The number of benzene rings is 2. The van der Waals surface area contributed by atoms with Gasteiger partial charge >= 0.3 is 0 Å². The molecule has 4 rings (SSSR count). The third-order valence-corrected chi connectivity index (χ3v) is 5.30. The first-order chi connectivity index (χ1) is 16.1. The van der Waals surface area contributed by atoms with Crippen LogP contribution in [0.25, 0.3) is 0 Å². The van der Waals surface area contributed by atoms with Gasteiger partial charge in [-0.1, -0.05) is 18.2 Å². The molecule has 0 saturated carbocycles. The van der Waals surface area contributed by atoms with Crippen LogP contribution in [0.3, 0.4) is 0 Å². The van der Waals surface area contributed by atoms with E-state index in [1.807, 2.05) is 35.2 Å². The molecule has 0 aliphatic carbocycles. The van der Waals surface area contributed by atoms with E-state index in [1.165, 1.54) is 12.1 Å². The van der Waals surface area contributed by atoms with Crippen molar-refractivity contribution >= 4 is 17.6 Å². The number of nitrogens with zero attached hydrogens (tertiary/aromatic N) is 3. The number of carbonyl (C=O) groups excluding carboxylic acids is 1. The molecule has 0 unspecified atom stereocenters. The molecule has 7 nitrogen and oxygen atoms in total. The molecule has 1 aliphatic rings. The van der Waals surface area contributed by atoms with Crippen LogP contribution in [0.15, 0.2) is 71.9 Å². The number of pyridine rings is 1. The summed E-state index contributed by atoms with van der Waals surface area (Å²) < 4.78 is 18.6. The van der Waals surface area contributed by atoms with Gasteiger partial charge in [-0.15, -0.1) is 0 Å². The summed E-state index contributed by atoms with van der Waals surface area (Å²) in [5.41, 5.74) is 3.00. The maximum atomic E-state index is 13.0. The van der Waals surface area contributed by atoms with Gasteiger partial charge in [0.2, 0.25) is 11.8 Å². The Kier molecular flexibility index (Phi) is 7.14. The second-order valence-corrected chi connectivity index (χ2v) is 7.66. The summed E-state index contributed by atoms with van der Waals surface area (Å²) in [7, 11) is 1.72. The Hall–Kier alpha value is -3.94. The average Bonchev–Trinajstić information content (AvgIpc) is 3.28. The summed E-state index contributed by atoms with van der Waals surface area (Å²) in [5, 5.41) is 6.54. The molecule has 2 N–H and O–H groups in total. The van der Waals surface area contributed by atoms with Gasteiger partial charge in [-0.05, 0) is 53.9 Å². The number of carbonyl (C=O) groups is 1. The SMILES string of the molecule is CN=C(NCc1ccc(N2CCCC2=O)cc1)NCc1ccc(Oc2ccc(F)cc2)nc1. The molecule has 1 aliphatic heterocycles. The van der Waals surface area contributed by atoms with Crippen molar-refractivity contribution in [3.05, 3.63) is 83.8 Å². The number of nitrogens with one attached hydrogen (secondary N) is 2. The fourth-order valence-electron chi connectivity index (χ4n) is 3.51. The molecule has 2 aromatic carbocycles. The molecule has 3 aromatic rings. The number of aromatic nitrogens is 1. The number of hydrogen-bond donors (Lipinski definition) is 2. The number of anilines is 1. The maximum absolute atomic E-state index is 13.0. The van der Waals surface area contributed by atoms with Gasteiger partial charge in [-0.25, -0.2) is 9.37 Å². The Morgan fingerprint density at radius 2 is 1.73 bits per heavy atom. The van der Waals surface area contributed by atoms with E-state index in [-0.39, 0.29) is 11.7 Å². The summed E-state index contributed by atoms with van der Waals surface area (Å²) >= 11 is 0. The number of rotatable bonds is 7. The quantitative estimate of drug-likeness (QED) is 0.423. The van der Waals surface area contributed by atoms with Crippen LogP contribution in [0.1, 0.15) is 24.0 Å². The molecule has 1 saturated heterocycles. The van der Waals surface area contributed by atoms with Crippen molar-refractivity contribution in [3.8, 4) is 11.6 Å².